The summed E-state index contributed by atoms with van der Waals surface area (Å²) in [5, 5.41) is 9.29. The molecule has 7 nitrogen and oxygen atoms in total. The fraction of sp³-hybridized carbons (Fsp3) is 0.115. The van der Waals surface area contributed by atoms with Gasteiger partial charge in [0.1, 0.15) is 32.8 Å². The number of aromatic amines is 1. The fourth-order valence-corrected chi connectivity index (χ4v) is 4.75. The summed E-state index contributed by atoms with van der Waals surface area (Å²) in [6.07, 6.45) is 0.444. The number of methoxy groups -OCH3 is 1. The molecule has 5 rings (SSSR count). The first kappa shape index (κ1) is 23.0. The number of halogens is 2. The molecule has 0 aliphatic carbocycles. The monoisotopic (exact) mass is 581 g/mol. The largest absolute Gasteiger partial charge is 0.497 e. The van der Waals surface area contributed by atoms with Crippen molar-refractivity contribution in [2.45, 2.75) is 10.5 Å². The van der Waals surface area contributed by atoms with E-state index in [-0.39, 0.29) is 15.8 Å². The van der Waals surface area contributed by atoms with Crippen LogP contribution >= 0.6 is 22.6 Å². The first-order valence-electron chi connectivity index (χ1n) is 10.9. The molecule has 0 radical (unpaired) electrons. The number of aliphatic imine (C=N–C) groups is 1. The summed E-state index contributed by atoms with van der Waals surface area (Å²) in [4.78, 5) is 18.0. The molecular weight excluding hydrogens is 560 g/mol. The van der Waals surface area contributed by atoms with Crippen LogP contribution in [0.25, 0.3) is 11.3 Å². The topological polar surface area (TPSA) is 82.6 Å². The van der Waals surface area contributed by atoms with Crippen LogP contribution in [0.2, 0.25) is 0 Å². The summed E-state index contributed by atoms with van der Waals surface area (Å²) in [6, 6.07) is 22.9. The molecule has 0 spiro atoms. The highest BCUT2D eigenvalue weighted by atomic mass is 127. The molecule has 3 aromatic carbocycles. The van der Waals surface area contributed by atoms with Gasteiger partial charge in [-0.15, -0.1) is 0 Å². The first-order chi connectivity index (χ1) is 17.0. The summed E-state index contributed by atoms with van der Waals surface area (Å²) in [5.41, 5.74) is 7.30. The summed E-state index contributed by atoms with van der Waals surface area (Å²) in [5.74, 6) is 0.814. The van der Waals surface area contributed by atoms with E-state index >= 15 is 0 Å². The summed E-state index contributed by atoms with van der Waals surface area (Å²) < 4.78 is 18.6. The minimum Gasteiger partial charge on any atom is -0.497 e. The molecule has 0 bridgehead atoms. The Kier molecular flexibility index (Phi) is 6.49. The van der Waals surface area contributed by atoms with E-state index in [1.165, 1.54) is 12.1 Å². The SMILES string of the molecule is COc1cccc(CC2=Nc3c(-c4ccc(F)cc4)n[nH]c3C(I)N2NC(=O)c2ccccc2)c1. The number of fused-ring (bicyclic) bond motifs is 1. The Morgan fingerprint density at radius 3 is 2.63 bits per heavy atom. The van der Waals surface area contributed by atoms with Crippen molar-refractivity contribution in [3.8, 4) is 17.0 Å². The Labute approximate surface area is 215 Å². The number of carbonyl (C=O) groups is 1. The Hall–Kier alpha value is -3.73. The number of benzene rings is 3. The van der Waals surface area contributed by atoms with Crippen LogP contribution in [0.3, 0.4) is 0 Å². The molecule has 2 N–H and O–H groups in total. The maximum atomic E-state index is 13.5. The second-order valence-electron chi connectivity index (χ2n) is 7.91. The number of H-pyrrole nitrogens is 1. The van der Waals surface area contributed by atoms with E-state index in [0.29, 0.717) is 29.2 Å². The molecule has 4 aromatic rings. The van der Waals surface area contributed by atoms with Crippen LogP contribution in [-0.4, -0.2) is 34.1 Å². The molecule has 1 unspecified atom stereocenters. The van der Waals surface area contributed by atoms with Gasteiger partial charge in [0.25, 0.3) is 5.91 Å². The number of carbonyl (C=O) groups excluding carboxylic acids is 1. The normalized spacial score (nSPS) is 14.8. The molecule has 176 valence electrons. The van der Waals surface area contributed by atoms with E-state index in [0.717, 1.165) is 22.6 Å². The van der Waals surface area contributed by atoms with Gasteiger partial charge in [0, 0.05) is 17.5 Å². The van der Waals surface area contributed by atoms with Crippen LogP contribution in [0.1, 0.15) is 25.7 Å². The lowest BCUT2D eigenvalue weighted by molar-refractivity contribution is 0.0862. The Balaban J connectivity index is 1.55. The minimum absolute atomic E-state index is 0.243. The standard InChI is InChI=1S/C26H21FIN5O2/c1-35-20-9-5-6-16(14-20)15-21-29-23-22(17-10-12-19(27)13-11-17)30-31-24(23)25(28)33(21)32-26(34)18-7-3-2-4-8-18/h2-14,25H,15H2,1H3,(H,30,31)(H,32,34). The van der Waals surface area contributed by atoms with Crippen molar-refractivity contribution >= 4 is 40.0 Å². The highest BCUT2D eigenvalue weighted by Crippen LogP contribution is 2.42. The highest BCUT2D eigenvalue weighted by Gasteiger charge is 2.33. The third-order valence-corrected chi connectivity index (χ3v) is 6.80. The molecule has 1 aromatic heterocycles. The summed E-state index contributed by atoms with van der Waals surface area (Å²) >= 11 is 2.25. The number of hydrogen-bond donors (Lipinski definition) is 2. The van der Waals surface area contributed by atoms with Gasteiger partial charge in [0.15, 0.2) is 0 Å². The molecule has 1 aliphatic rings. The minimum atomic E-state index is -0.318. The van der Waals surface area contributed by atoms with Crippen molar-refractivity contribution in [2.24, 2.45) is 4.99 Å². The number of ether oxygens (including phenoxy) is 1. The molecule has 9 heteroatoms. The Morgan fingerprint density at radius 2 is 1.89 bits per heavy atom. The molecule has 0 saturated carbocycles. The lowest BCUT2D eigenvalue weighted by atomic mass is 10.1. The summed E-state index contributed by atoms with van der Waals surface area (Å²) in [7, 11) is 1.62. The van der Waals surface area contributed by atoms with Gasteiger partial charge < -0.3 is 4.74 Å². The number of alkyl halides is 1. The van der Waals surface area contributed by atoms with Crippen LogP contribution in [0, 0.1) is 5.82 Å². The second-order valence-corrected chi connectivity index (χ2v) is 9.09. The zero-order valence-corrected chi connectivity index (χ0v) is 20.9. The van der Waals surface area contributed by atoms with Crippen LogP contribution in [0.5, 0.6) is 5.75 Å². The molecule has 2 heterocycles. The number of amidine groups is 1. The highest BCUT2D eigenvalue weighted by molar-refractivity contribution is 14.1. The predicted molar refractivity (Wildman–Crippen MR) is 140 cm³/mol. The third kappa shape index (κ3) is 4.76. The van der Waals surface area contributed by atoms with Crippen LogP contribution in [-0.2, 0) is 6.42 Å². The van der Waals surface area contributed by atoms with Crippen molar-refractivity contribution in [1.29, 1.82) is 0 Å². The number of rotatable bonds is 6. The van der Waals surface area contributed by atoms with Gasteiger partial charge in [0.05, 0.1) is 12.8 Å². The Morgan fingerprint density at radius 1 is 1.11 bits per heavy atom. The molecule has 35 heavy (non-hydrogen) atoms. The van der Waals surface area contributed by atoms with Crippen LogP contribution in [0.4, 0.5) is 10.1 Å². The maximum absolute atomic E-state index is 13.5. The van der Waals surface area contributed by atoms with Crippen molar-refractivity contribution < 1.29 is 13.9 Å². The Bertz CT molecular complexity index is 1390. The molecular formula is C26H21FIN5O2. The molecule has 1 amide bonds. The smallest absolute Gasteiger partial charge is 0.269 e. The maximum Gasteiger partial charge on any atom is 0.269 e. The van der Waals surface area contributed by atoms with Gasteiger partial charge >= 0.3 is 0 Å². The van der Waals surface area contributed by atoms with Crippen LogP contribution < -0.4 is 10.2 Å². The average Bonchev–Trinajstić information content (AvgIpc) is 3.31. The lowest BCUT2D eigenvalue weighted by Gasteiger charge is -2.33. The first-order valence-corrected chi connectivity index (χ1v) is 12.1. The summed E-state index contributed by atoms with van der Waals surface area (Å²) in [6.45, 7) is 0. The zero-order valence-electron chi connectivity index (χ0n) is 18.7. The molecule has 1 aliphatic heterocycles. The quantitative estimate of drug-likeness (QED) is 0.177. The number of aromatic nitrogens is 2. The number of amides is 1. The number of hydrazine groups is 1. The van der Waals surface area contributed by atoms with E-state index in [1.807, 2.05) is 42.5 Å². The van der Waals surface area contributed by atoms with Gasteiger partial charge in [-0.05, 0) is 76.7 Å². The average molecular weight is 581 g/mol. The number of nitrogens with one attached hydrogen (secondary N) is 2. The van der Waals surface area contributed by atoms with Gasteiger partial charge in [-0.3, -0.25) is 20.3 Å². The molecule has 0 saturated heterocycles. The van der Waals surface area contributed by atoms with E-state index in [9.17, 15) is 9.18 Å². The van der Waals surface area contributed by atoms with E-state index in [4.69, 9.17) is 9.73 Å². The predicted octanol–water partition coefficient (Wildman–Crippen LogP) is 5.59. The van der Waals surface area contributed by atoms with Crippen LogP contribution in [0.15, 0.2) is 83.9 Å². The van der Waals surface area contributed by atoms with E-state index in [1.54, 1.807) is 36.4 Å². The number of hydrogen-bond acceptors (Lipinski definition) is 5. The van der Waals surface area contributed by atoms with Crippen molar-refractivity contribution in [3.63, 3.8) is 0 Å². The van der Waals surface area contributed by atoms with Gasteiger partial charge in [0.2, 0.25) is 0 Å². The fourth-order valence-electron chi connectivity index (χ4n) is 3.86. The third-order valence-electron chi connectivity index (χ3n) is 5.62. The van der Waals surface area contributed by atoms with Crippen molar-refractivity contribution in [1.82, 2.24) is 20.6 Å². The lowest BCUT2D eigenvalue weighted by Crippen LogP contribution is -2.48. The second kappa shape index (κ2) is 9.87. The zero-order chi connectivity index (χ0) is 24.4. The van der Waals surface area contributed by atoms with Crippen molar-refractivity contribution in [2.75, 3.05) is 7.11 Å². The van der Waals surface area contributed by atoms with E-state index < -0.39 is 0 Å². The van der Waals surface area contributed by atoms with Gasteiger partial charge in [-0.2, -0.15) is 5.10 Å². The van der Waals surface area contributed by atoms with Crippen molar-refractivity contribution in [3.05, 3.63) is 102 Å². The van der Waals surface area contributed by atoms with Gasteiger partial charge in [-0.1, -0.05) is 30.3 Å². The number of nitrogens with zero attached hydrogens (tertiary/aromatic N) is 3. The molecule has 1 atom stereocenters. The molecule has 0 fully saturated rings. The van der Waals surface area contributed by atoms with Gasteiger partial charge in [-0.25, -0.2) is 9.38 Å². The van der Waals surface area contributed by atoms with E-state index in [2.05, 4.69) is 38.2 Å².